The van der Waals surface area contributed by atoms with Crippen molar-refractivity contribution in [1.82, 2.24) is 4.90 Å². The Bertz CT molecular complexity index is 427. The summed E-state index contributed by atoms with van der Waals surface area (Å²) in [6, 6.07) is 0. The van der Waals surface area contributed by atoms with Crippen molar-refractivity contribution in [2.75, 3.05) is 19.6 Å². The van der Waals surface area contributed by atoms with Crippen molar-refractivity contribution in [3.05, 3.63) is 0 Å². The highest BCUT2D eigenvalue weighted by molar-refractivity contribution is 6.75. The molecule has 1 atom stereocenters. The van der Waals surface area contributed by atoms with Crippen molar-refractivity contribution in [3.8, 4) is 0 Å². The summed E-state index contributed by atoms with van der Waals surface area (Å²) in [7, 11) is 1.96. The van der Waals surface area contributed by atoms with Crippen molar-refractivity contribution in [2.24, 2.45) is 0 Å². The van der Waals surface area contributed by atoms with Gasteiger partial charge in [0.25, 0.3) is 0 Å². The van der Waals surface area contributed by atoms with Crippen LogP contribution < -0.4 is 0 Å². The number of Topliss-reactive ketones (excluding diaryl/α,β-unsaturated/α-hetero) is 1. The first-order chi connectivity index (χ1) is 14.2. The molecule has 1 fully saturated rings. The van der Waals surface area contributed by atoms with Gasteiger partial charge in [0.2, 0.25) is 7.28 Å². The van der Waals surface area contributed by atoms with E-state index in [1.165, 1.54) is 57.8 Å². The van der Waals surface area contributed by atoms with Crippen LogP contribution in [0.15, 0.2) is 0 Å². The Morgan fingerprint density at radius 1 is 0.759 bits per heavy atom. The molecule has 0 bridgehead atoms. The number of nitrogens with zero attached hydrogens (tertiary/aromatic N) is 1. The third kappa shape index (κ3) is 14.9. The molecule has 1 radical (unpaired) electrons. The second-order valence-electron chi connectivity index (χ2n) is 9.16. The predicted molar refractivity (Wildman–Crippen MR) is 126 cm³/mol. The Kier molecular flexibility index (Phi) is 16.5. The standard InChI is InChI=1S/C25H47BNO2/c1-3-5-6-7-8-9-10-11-12-13-17-24(28)18-14-15-20-27-21-19-23(22-27)26-25(29)16-4-2/h23H,3-22H2,1-2H3. The van der Waals surface area contributed by atoms with E-state index in [1.54, 1.807) is 0 Å². The minimum absolute atomic E-state index is 0.317. The third-order valence-electron chi connectivity index (χ3n) is 6.22. The zero-order valence-corrected chi connectivity index (χ0v) is 19.6. The number of ketones is 1. The van der Waals surface area contributed by atoms with Crippen molar-refractivity contribution in [2.45, 2.75) is 129 Å². The molecule has 1 aliphatic heterocycles. The van der Waals surface area contributed by atoms with Gasteiger partial charge in [-0.25, -0.2) is 0 Å². The van der Waals surface area contributed by atoms with Crippen molar-refractivity contribution in [3.63, 3.8) is 0 Å². The van der Waals surface area contributed by atoms with E-state index >= 15 is 0 Å². The van der Waals surface area contributed by atoms with Gasteiger partial charge < -0.3 is 9.69 Å². The van der Waals surface area contributed by atoms with Crippen LogP contribution >= 0.6 is 0 Å². The molecule has 0 aromatic heterocycles. The quantitative estimate of drug-likeness (QED) is 0.170. The van der Waals surface area contributed by atoms with Crippen molar-refractivity contribution >= 4 is 18.7 Å². The van der Waals surface area contributed by atoms with Gasteiger partial charge in [-0.3, -0.25) is 4.79 Å². The monoisotopic (exact) mass is 404 g/mol. The lowest BCUT2D eigenvalue weighted by Gasteiger charge is -2.15. The molecule has 1 heterocycles. The molecule has 167 valence electrons. The molecule has 0 spiro atoms. The van der Waals surface area contributed by atoms with Gasteiger partial charge in [-0.05, 0) is 57.6 Å². The Balaban J connectivity index is 1.88. The van der Waals surface area contributed by atoms with Crippen LogP contribution in [-0.2, 0) is 9.59 Å². The summed E-state index contributed by atoms with van der Waals surface area (Å²) in [5.41, 5.74) is 0.317. The Labute approximate surface area is 182 Å². The second-order valence-corrected chi connectivity index (χ2v) is 9.16. The molecule has 0 amide bonds. The average molecular weight is 404 g/mol. The Morgan fingerprint density at radius 2 is 1.34 bits per heavy atom. The van der Waals surface area contributed by atoms with E-state index < -0.39 is 0 Å². The van der Waals surface area contributed by atoms with Crippen LogP contribution in [0.5, 0.6) is 0 Å². The average Bonchev–Trinajstić information content (AvgIpc) is 3.14. The van der Waals surface area contributed by atoms with E-state index in [4.69, 9.17) is 0 Å². The number of unbranched alkanes of at least 4 members (excludes halogenated alkanes) is 10. The van der Waals surface area contributed by atoms with Gasteiger partial charge in [0.1, 0.15) is 5.78 Å². The van der Waals surface area contributed by atoms with Crippen LogP contribution in [-0.4, -0.2) is 43.3 Å². The van der Waals surface area contributed by atoms with Crippen molar-refractivity contribution in [1.29, 1.82) is 0 Å². The van der Waals surface area contributed by atoms with Gasteiger partial charge in [0.15, 0.2) is 0 Å². The van der Waals surface area contributed by atoms with E-state index in [9.17, 15) is 9.59 Å². The van der Waals surface area contributed by atoms with Crippen LogP contribution in [0.3, 0.4) is 0 Å². The van der Waals surface area contributed by atoms with E-state index in [2.05, 4.69) is 18.7 Å². The zero-order chi connectivity index (χ0) is 21.2. The van der Waals surface area contributed by atoms with Crippen LogP contribution in [0.2, 0.25) is 5.82 Å². The normalized spacial score (nSPS) is 17.0. The molecular formula is C25H47BNO2. The van der Waals surface area contributed by atoms with Gasteiger partial charge in [-0.1, -0.05) is 78.1 Å². The summed E-state index contributed by atoms with van der Waals surface area (Å²) in [5.74, 6) is 0.911. The lowest BCUT2D eigenvalue weighted by molar-refractivity contribution is -0.119. The lowest BCUT2D eigenvalue weighted by Crippen LogP contribution is -2.23. The van der Waals surface area contributed by atoms with E-state index in [-0.39, 0.29) is 0 Å². The minimum atomic E-state index is 0.317. The molecule has 1 rings (SSSR count). The molecule has 0 aromatic carbocycles. The summed E-state index contributed by atoms with van der Waals surface area (Å²) < 4.78 is 0. The third-order valence-corrected chi connectivity index (χ3v) is 6.22. The number of likely N-dealkylation sites (tertiary alicyclic amines) is 1. The second kappa shape index (κ2) is 18.2. The Hall–Kier alpha value is -0.635. The first-order valence-electron chi connectivity index (χ1n) is 12.8. The number of hydrogen-bond acceptors (Lipinski definition) is 3. The fraction of sp³-hybridized carbons (Fsp3) is 0.920. The maximum atomic E-state index is 12.1. The molecule has 1 unspecified atom stereocenters. The van der Waals surface area contributed by atoms with Crippen LogP contribution in [0.1, 0.15) is 123 Å². The van der Waals surface area contributed by atoms with Gasteiger partial charge in [-0.15, -0.1) is 0 Å². The summed E-state index contributed by atoms with van der Waals surface area (Å²) in [4.78, 5) is 26.3. The van der Waals surface area contributed by atoms with Crippen LogP contribution in [0.4, 0.5) is 0 Å². The van der Waals surface area contributed by atoms with Gasteiger partial charge in [0, 0.05) is 12.8 Å². The molecule has 1 aliphatic rings. The van der Waals surface area contributed by atoms with Gasteiger partial charge in [-0.2, -0.15) is 0 Å². The highest BCUT2D eigenvalue weighted by atomic mass is 16.1. The molecule has 1 saturated heterocycles. The molecular weight excluding hydrogens is 357 g/mol. The molecule has 0 saturated carbocycles. The molecule has 0 aliphatic carbocycles. The first kappa shape index (κ1) is 26.4. The highest BCUT2D eigenvalue weighted by Gasteiger charge is 2.24. The summed E-state index contributed by atoms with van der Waals surface area (Å²) in [6.45, 7) is 7.54. The molecule has 4 heteroatoms. The number of hydrogen-bond donors (Lipinski definition) is 0. The van der Waals surface area contributed by atoms with E-state index in [1.807, 2.05) is 7.28 Å². The number of rotatable bonds is 20. The molecule has 0 N–H and O–H groups in total. The summed E-state index contributed by atoms with van der Waals surface area (Å²) in [5, 5.41) is 0. The fourth-order valence-electron chi connectivity index (χ4n) is 4.39. The maximum Gasteiger partial charge on any atom is 0.207 e. The minimum Gasteiger partial charge on any atom is -0.312 e. The van der Waals surface area contributed by atoms with E-state index in [0.717, 1.165) is 64.6 Å². The van der Waals surface area contributed by atoms with Crippen LogP contribution in [0.25, 0.3) is 0 Å². The predicted octanol–water partition coefficient (Wildman–Crippen LogP) is 6.56. The van der Waals surface area contributed by atoms with Crippen molar-refractivity contribution < 1.29 is 9.59 Å². The van der Waals surface area contributed by atoms with Crippen LogP contribution in [0, 0.1) is 0 Å². The topological polar surface area (TPSA) is 37.4 Å². The van der Waals surface area contributed by atoms with E-state index in [0.29, 0.717) is 23.7 Å². The molecule has 0 aromatic rings. The summed E-state index contributed by atoms with van der Waals surface area (Å²) >= 11 is 0. The lowest BCUT2D eigenvalue weighted by atomic mass is 9.59. The largest absolute Gasteiger partial charge is 0.312 e. The first-order valence-corrected chi connectivity index (χ1v) is 12.8. The highest BCUT2D eigenvalue weighted by Crippen LogP contribution is 2.22. The fourth-order valence-corrected chi connectivity index (χ4v) is 4.39. The molecule has 3 nitrogen and oxygen atoms in total. The SMILES string of the molecule is CCCCCCCCCCCCC(=O)CCCCN1CCC([B]C(=O)CCC)C1. The maximum absolute atomic E-state index is 12.1. The number of carbonyl (C=O) groups is 2. The smallest absolute Gasteiger partial charge is 0.207 e. The number of carbonyl (C=O) groups excluding carboxylic acids is 2. The van der Waals surface area contributed by atoms with Gasteiger partial charge >= 0.3 is 0 Å². The Morgan fingerprint density at radius 3 is 1.97 bits per heavy atom. The zero-order valence-electron chi connectivity index (χ0n) is 19.6. The van der Waals surface area contributed by atoms with Gasteiger partial charge in [0.05, 0.1) is 5.68 Å². The molecule has 29 heavy (non-hydrogen) atoms. The summed E-state index contributed by atoms with van der Waals surface area (Å²) in [6.07, 6.45) is 19.7.